The maximum atomic E-state index is 6.15. The van der Waals surface area contributed by atoms with Crippen molar-refractivity contribution in [2.45, 2.75) is 0 Å². The zero-order chi connectivity index (χ0) is 13.7. The SMILES string of the molecule is Nc1nc2ncnc-2c(N)n1-c1ccc2[nH]ccc2c1. The summed E-state index contributed by atoms with van der Waals surface area (Å²) in [5.74, 6) is 1.17. The highest BCUT2D eigenvalue weighted by Gasteiger charge is 2.18. The van der Waals surface area contributed by atoms with E-state index in [0.29, 0.717) is 17.3 Å². The molecule has 2 aromatic rings. The summed E-state index contributed by atoms with van der Waals surface area (Å²) in [5.41, 5.74) is 14.6. The van der Waals surface area contributed by atoms with E-state index in [1.54, 1.807) is 4.57 Å². The molecule has 0 amide bonds. The van der Waals surface area contributed by atoms with Gasteiger partial charge in [0.05, 0.1) is 5.69 Å². The van der Waals surface area contributed by atoms with E-state index >= 15 is 0 Å². The van der Waals surface area contributed by atoms with Gasteiger partial charge >= 0.3 is 0 Å². The molecule has 2 aliphatic rings. The van der Waals surface area contributed by atoms with E-state index in [1.165, 1.54) is 6.33 Å². The zero-order valence-corrected chi connectivity index (χ0v) is 10.4. The first-order chi connectivity index (χ1) is 9.74. The van der Waals surface area contributed by atoms with Crippen LogP contribution in [0.25, 0.3) is 28.1 Å². The number of H-pyrrole nitrogens is 1. The number of nitrogens with zero attached hydrogens (tertiary/aromatic N) is 4. The highest BCUT2D eigenvalue weighted by molar-refractivity contribution is 5.82. The highest BCUT2D eigenvalue weighted by atomic mass is 15.2. The molecule has 3 heterocycles. The highest BCUT2D eigenvalue weighted by Crippen LogP contribution is 2.29. The van der Waals surface area contributed by atoms with Crippen LogP contribution in [-0.4, -0.2) is 24.5 Å². The lowest BCUT2D eigenvalue weighted by Gasteiger charge is -2.15. The largest absolute Gasteiger partial charge is 0.383 e. The number of fused-ring (bicyclic) bond motifs is 2. The first-order valence-corrected chi connectivity index (χ1v) is 6.06. The standard InChI is InChI=1S/C13H11N7/c14-11-10-12(18-6-17-10)19-13(15)20(11)8-1-2-9-7(5-8)3-4-16-9/h1-6,16H,14H2,(H2,15,17,18,19). The number of hydrogen-bond acceptors (Lipinski definition) is 5. The lowest BCUT2D eigenvalue weighted by molar-refractivity contribution is 1.01. The van der Waals surface area contributed by atoms with Crippen LogP contribution in [0.2, 0.25) is 0 Å². The minimum atomic E-state index is 0.283. The van der Waals surface area contributed by atoms with Crippen molar-refractivity contribution in [3.63, 3.8) is 0 Å². The third-order valence-corrected chi connectivity index (χ3v) is 3.31. The molecule has 0 fully saturated rings. The second kappa shape index (κ2) is 3.70. The Morgan fingerprint density at radius 2 is 2.00 bits per heavy atom. The molecule has 0 radical (unpaired) electrons. The second-order valence-electron chi connectivity index (χ2n) is 4.49. The van der Waals surface area contributed by atoms with Gasteiger partial charge in [-0.15, -0.1) is 0 Å². The molecule has 1 aromatic heterocycles. The Labute approximate surface area is 113 Å². The zero-order valence-electron chi connectivity index (χ0n) is 10.4. The van der Waals surface area contributed by atoms with Gasteiger partial charge in [-0.2, -0.15) is 4.98 Å². The third kappa shape index (κ3) is 1.37. The topological polar surface area (TPSA) is 111 Å². The summed E-state index contributed by atoms with van der Waals surface area (Å²) in [6, 6.07) is 7.87. The van der Waals surface area contributed by atoms with Crippen molar-refractivity contribution in [1.29, 1.82) is 0 Å². The predicted molar refractivity (Wildman–Crippen MR) is 76.5 cm³/mol. The number of nitrogen functional groups attached to an aromatic ring is 2. The summed E-state index contributed by atoms with van der Waals surface area (Å²) < 4.78 is 1.67. The van der Waals surface area contributed by atoms with Crippen LogP contribution >= 0.6 is 0 Å². The number of aromatic nitrogens is 5. The van der Waals surface area contributed by atoms with E-state index in [0.717, 1.165) is 16.6 Å². The second-order valence-corrected chi connectivity index (χ2v) is 4.49. The van der Waals surface area contributed by atoms with E-state index in [4.69, 9.17) is 11.5 Å². The summed E-state index contributed by atoms with van der Waals surface area (Å²) in [4.78, 5) is 15.5. The van der Waals surface area contributed by atoms with E-state index in [1.807, 2.05) is 30.5 Å². The molecular weight excluding hydrogens is 254 g/mol. The molecule has 98 valence electrons. The van der Waals surface area contributed by atoms with Crippen molar-refractivity contribution >= 4 is 22.7 Å². The fraction of sp³-hybridized carbons (Fsp3) is 0. The molecular formula is C13H11N7. The van der Waals surface area contributed by atoms with Crippen molar-refractivity contribution < 1.29 is 0 Å². The Bertz CT molecular complexity index is 889. The molecule has 5 N–H and O–H groups in total. The Hall–Kier alpha value is -3.09. The smallest absolute Gasteiger partial charge is 0.208 e. The number of rotatable bonds is 1. The van der Waals surface area contributed by atoms with Crippen molar-refractivity contribution in [3.8, 4) is 17.2 Å². The van der Waals surface area contributed by atoms with Crippen LogP contribution in [0.15, 0.2) is 36.8 Å². The maximum Gasteiger partial charge on any atom is 0.208 e. The first-order valence-electron chi connectivity index (χ1n) is 6.06. The van der Waals surface area contributed by atoms with Crippen LogP contribution < -0.4 is 11.5 Å². The van der Waals surface area contributed by atoms with Crippen LogP contribution in [0.1, 0.15) is 0 Å². The lowest BCUT2D eigenvalue weighted by atomic mass is 10.2. The number of aromatic amines is 1. The van der Waals surface area contributed by atoms with Crippen LogP contribution in [0, 0.1) is 0 Å². The normalized spacial score (nSPS) is 11.4. The summed E-state index contributed by atoms with van der Waals surface area (Å²) in [6.45, 7) is 0. The van der Waals surface area contributed by atoms with Gasteiger partial charge in [0.25, 0.3) is 0 Å². The summed E-state index contributed by atoms with van der Waals surface area (Å²) in [5, 5.41) is 1.07. The van der Waals surface area contributed by atoms with Crippen LogP contribution in [0.5, 0.6) is 0 Å². The van der Waals surface area contributed by atoms with E-state index < -0.39 is 0 Å². The minimum absolute atomic E-state index is 0.283. The van der Waals surface area contributed by atoms with Crippen LogP contribution in [-0.2, 0) is 0 Å². The van der Waals surface area contributed by atoms with E-state index in [2.05, 4.69) is 19.9 Å². The number of anilines is 2. The van der Waals surface area contributed by atoms with Gasteiger partial charge in [-0.3, -0.25) is 4.57 Å². The monoisotopic (exact) mass is 265 g/mol. The van der Waals surface area contributed by atoms with Gasteiger partial charge in [0, 0.05) is 17.1 Å². The summed E-state index contributed by atoms with van der Waals surface area (Å²) in [6.07, 6.45) is 3.31. The number of imidazole rings is 1. The molecule has 1 aromatic carbocycles. The molecule has 4 rings (SSSR count). The molecule has 7 heteroatoms. The molecule has 7 nitrogen and oxygen atoms in total. The fourth-order valence-corrected chi connectivity index (χ4v) is 2.36. The number of nitrogens with two attached hydrogens (primary N) is 2. The lowest BCUT2D eigenvalue weighted by Crippen LogP contribution is -2.13. The van der Waals surface area contributed by atoms with Gasteiger partial charge < -0.3 is 16.5 Å². The Morgan fingerprint density at radius 3 is 2.90 bits per heavy atom. The van der Waals surface area contributed by atoms with E-state index in [-0.39, 0.29) is 5.95 Å². The number of benzene rings is 1. The number of hydrogen-bond donors (Lipinski definition) is 3. The van der Waals surface area contributed by atoms with Crippen LogP contribution in [0.3, 0.4) is 0 Å². The fourth-order valence-electron chi connectivity index (χ4n) is 2.36. The molecule has 0 bridgehead atoms. The van der Waals surface area contributed by atoms with Crippen molar-refractivity contribution in [1.82, 2.24) is 24.5 Å². The average Bonchev–Trinajstić information content (AvgIpc) is 3.06. The average molecular weight is 265 g/mol. The third-order valence-electron chi connectivity index (χ3n) is 3.31. The summed E-state index contributed by atoms with van der Waals surface area (Å²) >= 11 is 0. The van der Waals surface area contributed by atoms with Gasteiger partial charge in [-0.1, -0.05) is 0 Å². The molecule has 0 saturated carbocycles. The molecule has 0 atom stereocenters. The van der Waals surface area contributed by atoms with Gasteiger partial charge in [0.2, 0.25) is 5.95 Å². The van der Waals surface area contributed by atoms with Crippen molar-refractivity contribution in [3.05, 3.63) is 36.8 Å². The van der Waals surface area contributed by atoms with E-state index in [9.17, 15) is 0 Å². The Morgan fingerprint density at radius 1 is 1.10 bits per heavy atom. The molecule has 0 spiro atoms. The quantitative estimate of drug-likeness (QED) is 0.482. The van der Waals surface area contributed by atoms with Gasteiger partial charge in [-0.25, -0.2) is 9.97 Å². The van der Waals surface area contributed by atoms with Gasteiger partial charge in [-0.05, 0) is 24.3 Å². The Kier molecular flexibility index (Phi) is 2.00. The Balaban J connectivity index is 2.03. The van der Waals surface area contributed by atoms with Crippen molar-refractivity contribution in [2.24, 2.45) is 0 Å². The van der Waals surface area contributed by atoms with Crippen LogP contribution in [0.4, 0.5) is 11.8 Å². The summed E-state index contributed by atoms with van der Waals surface area (Å²) in [7, 11) is 0. The van der Waals surface area contributed by atoms with Gasteiger partial charge in [0.1, 0.15) is 12.1 Å². The molecule has 0 unspecified atom stereocenters. The molecule has 0 aliphatic carbocycles. The number of nitrogens with one attached hydrogen (secondary N) is 1. The van der Waals surface area contributed by atoms with Crippen molar-refractivity contribution in [2.75, 3.05) is 11.5 Å². The minimum Gasteiger partial charge on any atom is -0.383 e. The maximum absolute atomic E-state index is 6.15. The molecule has 20 heavy (non-hydrogen) atoms. The van der Waals surface area contributed by atoms with Gasteiger partial charge in [0.15, 0.2) is 11.5 Å². The molecule has 2 aliphatic heterocycles. The molecule has 0 saturated heterocycles. The first kappa shape index (κ1) is 10.8. The predicted octanol–water partition coefficient (Wildman–Crippen LogP) is 1.41.